The summed E-state index contributed by atoms with van der Waals surface area (Å²) >= 11 is 1.60. The first-order chi connectivity index (χ1) is 12.1. The number of aliphatic hydroxyl groups excluding tert-OH is 1. The molecule has 1 aromatic carbocycles. The Kier molecular flexibility index (Phi) is 6.18. The first kappa shape index (κ1) is 18.0. The van der Waals surface area contributed by atoms with E-state index in [9.17, 15) is 9.90 Å². The molecule has 3 rings (SSSR count). The van der Waals surface area contributed by atoms with Crippen molar-refractivity contribution in [3.8, 4) is 0 Å². The Bertz CT molecular complexity index is 689. The molecule has 1 amide bonds. The largest absolute Gasteiger partial charge is 0.392 e. The molecule has 25 heavy (non-hydrogen) atoms. The number of thiazole rings is 1. The zero-order valence-corrected chi connectivity index (χ0v) is 15.3. The van der Waals surface area contributed by atoms with E-state index < -0.39 is 0 Å². The van der Waals surface area contributed by atoms with E-state index in [2.05, 4.69) is 34.3 Å². The molecule has 1 saturated heterocycles. The standard InChI is InChI=1S/C19H25N3O2S/c1-2-19-21-15(13-25-19)8-18(24)20-10-16-9-17(23)12-22(16)11-14-6-4-3-5-7-14/h3-7,13,16-17,23H,2,8-12H2,1H3,(H,20,24)/t16-,17+/m1/s1. The van der Waals surface area contributed by atoms with Gasteiger partial charge in [-0.05, 0) is 18.4 Å². The van der Waals surface area contributed by atoms with Crippen molar-refractivity contribution in [1.29, 1.82) is 0 Å². The van der Waals surface area contributed by atoms with Gasteiger partial charge in [-0.25, -0.2) is 4.98 Å². The maximum Gasteiger partial charge on any atom is 0.226 e. The van der Waals surface area contributed by atoms with Gasteiger partial charge in [0.25, 0.3) is 0 Å². The number of benzene rings is 1. The van der Waals surface area contributed by atoms with Crippen molar-refractivity contribution in [2.75, 3.05) is 13.1 Å². The zero-order valence-electron chi connectivity index (χ0n) is 14.5. The third-order valence-corrected chi connectivity index (χ3v) is 5.55. The lowest BCUT2D eigenvalue weighted by Gasteiger charge is -2.24. The number of carbonyl (C=O) groups is 1. The lowest BCUT2D eigenvalue weighted by Crippen LogP contribution is -2.40. The number of rotatable bonds is 7. The van der Waals surface area contributed by atoms with E-state index in [0.717, 1.165) is 23.7 Å². The van der Waals surface area contributed by atoms with Gasteiger partial charge in [-0.3, -0.25) is 9.69 Å². The van der Waals surface area contributed by atoms with Crippen LogP contribution in [0.2, 0.25) is 0 Å². The average molecular weight is 359 g/mol. The lowest BCUT2D eigenvalue weighted by molar-refractivity contribution is -0.120. The molecule has 5 nitrogen and oxygen atoms in total. The van der Waals surface area contributed by atoms with E-state index in [1.54, 1.807) is 11.3 Å². The molecule has 0 aliphatic carbocycles. The van der Waals surface area contributed by atoms with Crippen molar-refractivity contribution in [3.63, 3.8) is 0 Å². The SMILES string of the molecule is CCc1nc(CC(=O)NC[C@H]2C[C@H](O)CN2Cc2ccccc2)cs1. The number of carbonyl (C=O) groups excluding carboxylic acids is 1. The van der Waals surface area contributed by atoms with Crippen molar-refractivity contribution in [1.82, 2.24) is 15.2 Å². The van der Waals surface area contributed by atoms with Crippen LogP contribution >= 0.6 is 11.3 Å². The van der Waals surface area contributed by atoms with E-state index in [4.69, 9.17) is 0 Å². The Morgan fingerprint density at radius 2 is 2.20 bits per heavy atom. The molecule has 0 unspecified atom stereocenters. The van der Waals surface area contributed by atoms with Gasteiger partial charge in [-0.2, -0.15) is 0 Å². The third kappa shape index (κ3) is 5.11. The van der Waals surface area contributed by atoms with Crippen LogP contribution in [0.5, 0.6) is 0 Å². The second-order valence-electron chi connectivity index (χ2n) is 6.53. The highest BCUT2D eigenvalue weighted by Gasteiger charge is 2.30. The second kappa shape index (κ2) is 8.56. The van der Waals surface area contributed by atoms with Crippen LogP contribution in [0, 0.1) is 0 Å². The molecular formula is C19H25N3O2S. The van der Waals surface area contributed by atoms with E-state index in [1.165, 1.54) is 5.56 Å². The highest BCUT2D eigenvalue weighted by atomic mass is 32.1. The van der Waals surface area contributed by atoms with E-state index in [0.29, 0.717) is 25.9 Å². The predicted molar refractivity (Wildman–Crippen MR) is 99.5 cm³/mol. The Balaban J connectivity index is 1.50. The highest BCUT2D eigenvalue weighted by molar-refractivity contribution is 7.09. The van der Waals surface area contributed by atoms with Crippen LogP contribution < -0.4 is 5.32 Å². The van der Waals surface area contributed by atoms with Gasteiger partial charge in [-0.1, -0.05) is 37.3 Å². The molecule has 1 aliphatic heterocycles. The summed E-state index contributed by atoms with van der Waals surface area (Å²) in [6, 6.07) is 10.4. The maximum atomic E-state index is 12.2. The third-order valence-electron chi connectivity index (χ3n) is 4.51. The number of aromatic nitrogens is 1. The van der Waals surface area contributed by atoms with Crippen molar-refractivity contribution < 1.29 is 9.90 Å². The summed E-state index contributed by atoms with van der Waals surface area (Å²) in [5.41, 5.74) is 2.06. The summed E-state index contributed by atoms with van der Waals surface area (Å²) in [6.45, 7) is 4.08. The second-order valence-corrected chi connectivity index (χ2v) is 7.47. The van der Waals surface area contributed by atoms with E-state index in [-0.39, 0.29) is 18.1 Å². The Morgan fingerprint density at radius 3 is 2.92 bits per heavy atom. The summed E-state index contributed by atoms with van der Waals surface area (Å²) in [5.74, 6) is -0.00555. The Morgan fingerprint density at radius 1 is 1.40 bits per heavy atom. The molecule has 1 fully saturated rings. The van der Waals surface area contributed by atoms with Gasteiger partial charge >= 0.3 is 0 Å². The summed E-state index contributed by atoms with van der Waals surface area (Å²) in [4.78, 5) is 18.9. The number of likely N-dealkylation sites (tertiary alicyclic amines) is 1. The number of aliphatic hydroxyl groups is 1. The topological polar surface area (TPSA) is 65.5 Å². The van der Waals surface area contributed by atoms with Gasteiger partial charge in [0.15, 0.2) is 0 Å². The average Bonchev–Trinajstić information content (AvgIpc) is 3.20. The van der Waals surface area contributed by atoms with Crippen LogP contribution in [-0.4, -0.2) is 46.1 Å². The van der Waals surface area contributed by atoms with Crippen LogP contribution in [0.3, 0.4) is 0 Å². The molecule has 0 spiro atoms. The van der Waals surface area contributed by atoms with Crippen molar-refractivity contribution in [2.45, 2.75) is 44.9 Å². The normalized spacial score (nSPS) is 20.7. The number of hydrogen-bond donors (Lipinski definition) is 2. The van der Waals surface area contributed by atoms with Crippen molar-refractivity contribution >= 4 is 17.2 Å². The molecule has 2 atom stereocenters. The number of aryl methyl sites for hydroxylation is 1. The lowest BCUT2D eigenvalue weighted by atomic mass is 10.1. The molecular weight excluding hydrogens is 334 g/mol. The molecule has 134 valence electrons. The molecule has 2 aromatic rings. The number of β-amino-alcohol motifs (C(OH)–C–C–N with tert-alkyl or cyclic N) is 1. The molecule has 0 radical (unpaired) electrons. The fraction of sp³-hybridized carbons (Fsp3) is 0.474. The molecule has 2 heterocycles. The van der Waals surface area contributed by atoms with Gasteiger partial charge in [-0.15, -0.1) is 11.3 Å². The summed E-state index contributed by atoms with van der Waals surface area (Å²) in [7, 11) is 0. The van der Waals surface area contributed by atoms with Crippen LogP contribution in [0.15, 0.2) is 35.7 Å². The molecule has 1 aromatic heterocycles. The number of nitrogens with one attached hydrogen (secondary N) is 1. The molecule has 6 heteroatoms. The summed E-state index contributed by atoms with van der Waals surface area (Å²) in [6.07, 6.45) is 1.60. The van der Waals surface area contributed by atoms with Crippen LogP contribution in [0.1, 0.15) is 29.6 Å². The van der Waals surface area contributed by atoms with Gasteiger partial charge in [0.1, 0.15) is 0 Å². The highest BCUT2D eigenvalue weighted by Crippen LogP contribution is 2.20. The smallest absolute Gasteiger partial charge is 0.226 e. The minimum atomic E-state index is -0.323. The number of amides is 1. The monoisotopic (exact) mass is 359 g/mol. The van der Waals surface area contributed by atoms with E-state index in [1.807, 2.05) is 23.6 Å². The summed E-state index contributed by atoms with van der Waals surface area (Å²) < 4.78 is 0. The van der Waals surface area contributed by atoms with Crippen LogP contribution in [-0.2, 0) is 24.2 Å². The van der Waals surface area contributed by atoms with Crippen molar-refractivity contribution in [2.24, 2.45) is 0 Å². The van der Waals surface area contributed by atoms with Crippen LogP contribution in [0.4, 0.5) is 0 Å². The number of hydrogen-bond acceptors (Lipinski definition) is 5. The molecule has 2 N–H and O–H groups in total. The zero-order chi connectivity index (χ0) is 17.6. The number of nitrogens with zero attached hydrogens (tertiary/aromatic N) is 2. The molecule has 1 aliphatic rings. The predicted octanol–water partition coefficient (Wildman–Crippen LogP) is 2.00. The minimum absolute atomic E-state index is 0.00555. The quantitative estimate of drug-likeness (QED) is 0.794. The minimum Gasteiger partial charge on any atom is -0.392 e. The fourth-order valence-electron chi connectivity index (χ4n) is 3.23. The van der Waals surface area contributed by atoms with Gasteiger partial charge in [0, 0.05) is 31.1 Å². The van der Waals surface area contributed by atoms with Gasteiger partial charge in [0.2, 0.25) is 5.91 Å². The van der Waals surface area contributed by atoms with Gasteiger partial charge < -0.3 is 10.4 Å². The molecule has 0 bridgehead atoms. The maximum absolute atomic E-state index is 12.2. The Hall–Kier alpha value is -1.76. The summed E-state index contributed by atoms with van der Waals surface area (Å²) in [5, 5.41) is 16.0. The first-order valence-corrected chi connectivity index (χ1v) is 9.68. The van der Waals surface area contributed by atoms with Crippen molar-refractivity contribution in [3.05, 3.63) is 52.0 Å². The Labute approximate surface area is 152 Å². The van der Waals surface area contributed by atoms with Crippen LogP contribution in [0.25, 0.3) is 0 Å². The van der Waals surface area contributed by atoms with Gasteiger partial charge in [0.05, 0.1) is 23.2 Å². The van der Waals surface area contributed by atoms with E-state index >= 15 is 0 Å². The molecule has 0 saturated carbocycles. The first-order valence-electron chi connectivity index (χ1n) is 8.80. The fourth-order valence-corrected chi connectivity index (χ4v) is 3.98.